The van der Waals surface area contributed by atoms with Crippen molar-refractivity contribution in [2.45, 2.75) is 24.9 Å². The van der Waals surface area contributed by atoms with Crippen LogP contribution in [0.15, 0.2) is 78.9 Å². The number of rotatable bonds is 10. The molecule has 0 amide bonds. The number of hydrogen-bond acceptors (Lipinski definition) is 5. The minimum absolute atomic E-state index is 0.00379. The van der Waals surface area contributed by atoms with Crippen LogP contribution >= 0.6 is 11.9 Å². The van der Waals surface area contributed by atoms with E-state index in [2.05, 4.69) is 0 Å². The van der Waals surface area contributed by atoms with Gasteiger partial charge in [-0.25, -0.2) is 0 Å². The molecule has 3 aromatic carbocycles. The van der Waals surface area contributed by atoms with Crippen molar-refractivity contribution in [3.8, 4) is 11.5 Å². The zero-order valence-corrected chi connectivity index (χ0v) is 16.3. The Morgan fingerprint density at radius 1 is 0.821 bits per heavy atom. The Morgan fingerprint density at radius 2 is 1.39 bits per heavy atom. The number of carbonyl (C=O) groups is 1. The lowest BCUT2D eigenvalue weighted by molar-refractivity contribution is -0.107. The van der Waals surface area contributed by atoms with Crippen LogP contribution in [0.5, 0.6) is 11.5 Å². The van der Waals surface area contributed by atoms with Crippen molar-refractivity contribution in [1.82, 2.24) is 0 Å². The van der Waals surface area contributed by atoms with Crippen molar-refractivity contribution < 1.29 is 14.3 Å². The zero-order chi connectivity index (χ0) is 19.6. The van der Waals surface area contributed by atoms with Gasteiger partial charge in [0.2, 0.25) is 0 Å². The third kappa shape index (κ3) is 5.96. The lowest BCUT2D eigenvalue weighted by Crippen LogP contribution is -2.00. The van der Waals surface area contributed by atoms with Gasteiger partial charge in [0.1, 0.15) is 17.8 Å². The van der Waals surface area contributed by atoms with Gasteiger partial charge in [0.25, 0.3) is 0 Å². The molecule has 1 atom stereocenters. The van der Waals surface area contributed by atoms with Gasteiger partial charge in [-0.3, -0.25) is 5.14 Å². The molecule has 3 rings (SSSR count). The van der Waals surface area contributed by atoms with E-state index >= 15 is 0 Å². The van der Waals surface area contributed by atoms with Crippen LogP contribution in [0.25, 0.3) is 0 Å². The van der Waals surface area contributed by atoms with Crippen LogP contribution in [-0.2, 0) is 22.7 Å². The summed E-state index contributed by atoms with van der Waals surface area (Å²) < 4.78 is 11.6. The molecule has 5 heteroatoms. The highest BCUT2D eigenvalue weighted by Crippen LogP contribution is 2.27. The molecular formula is C23H23NO3S. The summed E-state index contributed by atoms with van der Waals surface area (Å²) in [4.78, 5) is 10.7. The second-order valence-electron chi connectivity index (χ2n) is 6.32. The smallest absolute Gasteiger partial charge is 0.127 e. The molecule has 0 aliphatic rings. The van der Waals surface area contributed by atoms with Crippen LogP contribution in [0, 0.1) is 0 Å². The van der Waals surface area contributed by atoms with E-state index < -0.39 is 0 Å². The van der Waals surface area contributed by atoms with Gasteiger partial charge in [-0.05, 0) is 41.0 Å². The fourth-order valence-electron chi connectivity index (χ4n) is 2.75. The average molecular weight is 394 g/mol. The Kier molecular flexibility index (Phi) is 7.67. The molecule has 3 aromatic rings. The van der Waals surface area contributed by atoms with Gasteiger partial charge in [0.15, 0.2) is 0 Å². The third-order valence-corrected chi connectivity index (χ3v) is 5.06. The predicted molar refractivity (Wildman–Crippen MR) is 113 cm³/mol. The molecule has 144 valence electrons. The molecule has 0 aliphatic heterocycles. The SMILES string of the molecule is NSC(CC=O)c1ccc(COCc2ccc(Oc3ccccc3)cc2)cc1. The quantitative estimate of drug-likeness (QED) is 0.367. The highest BCUT2D eigenvalue weighted by Gasteiger charge is 2.09. The first-order chi connectivity index (χ1) is 13.8. The maximum absolute atomic E-state index is 10.7. The second kappa shape index (κ2) is 10.7. The second-order valence-corrected chi connectivity index (χ2v) is 7.16. The minimum atomic E-state index is 0.00379. The Labute approximate surface area is 169 Å². The van der Waals surface area contributed by atoms with E-state index in [-0.39, 0.29) is 5.25 Å². The van der Waals surface area contributed by atoms with Crippen LogP contribution in [0.1, 0.15) is 28.4 Å². The summed E-state index contributed by atoms with van der Waals surface area (Å²) in [5.41, 5.74) is 3.22. The number of benzene rings is 3. The maximum Gasteiger partial charge on any atom is 0.127 e. The van der Waals surface area contributed by atoms with E-state index in [1.165, 1.54) is 11.9 Å². The van der Waals surface area contributed by atoms with Crippen molar-refractivity contribution in [3.63, 3.8) is 0 Å². The number of nitrogens with two attached hydrogens (primary N) is 1. The first kappa shape index (κ1) is 20.1. The molecule has 0 saturated heterocycles. The first-order valence-electron chi connectivity index (χ1n) is 9.06. The first-order valence-corrected chi connectivity index (χ1v) is 10.0. The number of aldehydes is 1. The maximum atomic E-state index is 10.7. The minimum Gasteiger partial charge on any atom is -0.457 e. The van der Waals surface area contributed by atoms with E-state index in [0.29, 0.717) is 19.6 Å². The summed E-state index contributed by atoms with van der Waals surface area (Å²) in [7, 11) is 0. The van der Waals surface area contributed by atoms with Gasteiger partial charge in [-0.1, -0.05) is 66.5 Å². The largest absolute Gasteiger partial charge is 0.457 e. The molecule has 28 heavy (non-hydrogen) atoms. The third-order valence-electron chi connectivity index (χ3n) is 4.27. The number of ether oxygens (including phenoxy) is 2. The van der Waals surface area contributed by atoms with Gasteiger partial charge in [0, 0.05) is 6.42 Å². The number of para-hydroxylation sites is 1. The molecule has 0 bridgehead atoms. The van der Waals surface area contributed by atoms with Gasteiger partial charge in [0.05, 0.1) is 18.5 Å². The highest BCUT2D eigenvalue weighted by atomic mass is 32.2. The summed E-state index contributed by atoms with van der Waals surface area (Å²) in [5, 5.41) is 5.66. The van der Waals surface area contributed by atoms with Crippen LogP contribution < -0.4 is 9.88 Å². The Bertz CT molecular complexity index is 851. The van der Waals surface area contributed by atoms with Crippen molar-refractivity contribution in [3.05, 3.63) is 95.6 Å². The van der Waals surface area contributed by atoms with Crippen LogP contribution in [0.3, 0.4) is 0 Å². The summed E-state index contributed by atoms with van der Waals surface area (Å²) in [6, 6.07) is 25.6. The molecule has 4 nitrogen and oxygen atoms in total. The monoisotopic (exact) mass is 393 g/mol. The van der Waals surface area contributed by atoms with Gasteiger partial charge < -0.3 is 14.3 Å². The van der Waals surface area contributed by atoms with E-state index in [0.717, 1.165) is 34.5 Å². The van der Waals surface area contributed by atoms with Crippen LogP contribution in [0.2, 0.25) is 0 Å². The molecule has 0 fully saturated rings. The van der Waals surface area contributed by atoms with Crippen molar-refractivity contribution in [2.24, 2.45) is 5.14 Å². The Hall–Kier alpha value is -2.60. The molecule has 0 aliphatic carbocycles. The van der Waals surface area contributed by atoms with Gasteiger partial charge in [-0.2, -0.15) is 0 Å². The summed E-state index contributed by atoms with van der Waals surface area (Å²) in [6.45, 7) is 1.05. The van der Waals surface area contributed by atoms with Crippen LogP contribution in [0.4, 0.5) is 0 Å². The van der Waals surface area contributed by atoms with Gasteiger partial charge >= 0.3 is 0 Å². The average Bonchev–Trinajstić information content (AvgIpc) is 2.75. The Morgan fingerprint density at radius 3 is 1.96 bits per heavy atom. The molecule has 0 radical (unpaired) electrons. The fourth-order valence-corrected chi connectivity index (χ4v) is 3.26. The van der Waals surface area contributed by atoms with Gasteiger partial charge in [-0.15, -0.1) is 0 Å². The summed E-state index contributed by atoms with van der Waals surface area (Å²) in [6.07, 6.45) is 1.32. The molecule has 1 unspecified atom stereocenters. The van der Waals surface area contributed by atoms with Crippen molar-refractivity contribution >= 4 is 18.2 Å². The molecule has 0 spiro atoms. The van der Waals surface area contributed by atoms with Crippen molar-refractivity contribution in [2.75, 3.05) is 0 Å². The fraction of sp³-hybridized carbons (Fsp3) is 0.174. The summed E-state index contributed by atoms with van der Waals surface area (Å²) in [5.74, 6) is 1.62. The molecule has 0 saturated carbocycles. The lowest BCUT2D eigenvalue weighted by Gasteiger charge is -2.12. The molecule has 0 heterocycles. The molecule has 2 N–H and O–H groups in total. The highest BCUT2D eigenvalue weighted by molar-refractivity contribution is 7.97. The van der Waals surface area contributed by atoms with E-state index in [1.54, 1.807) is 0 Å². The van der Waals surface area contributed by atoms with E-state index in [1.807, 2.05) is 78.9 Å². The normalized spacial score (nSPS) is 11.8. The number of carbonyl (C=O) groups excluding carboxylic acids is 1. The van der Waals surface area contributed by atoms with Crippen molar-refractivity contribution in [1.29, 1.82) is 0 Å². The molecule has 0 aromatic heterocycles. The topological polar surface area (TPSA) is 61.6 Å². The number of hydrogen-bond donors (Lipinski definition) is 1. The lowest BCUT2D eigenvalue weighted by atomic mass is 10.1. The summed E-state index contributed by atoms with van der Waals surface area (Å²) >= 11 is 1.20. The molecular weight excluding hydrogens is 370 g/mol. The van der Waals surface area contributed by atoms with E-state index in [4.69, 9.17) is 14.6 Å². The standard InChI is InChI=1S/C23H23NO3S/c24-28-23(14-15-25)20-10-6-18(7-11-20)16-26-17-19-8-12-22(13-9-19)27-21-4-2-1-3-5-21/h1-13,15,23H,14,16-17,24H2. The van der Waals surface area contributed by atoms with E-state index in [9.17, 15) is 4.79 Å². The zero-order valence-electron chi connectivity index (χ0n) is 15.5. The predicted octanol–water partition coefficient (Wildman–Crippen LogP) is 5.43. The van der Waals surface area contributed by atoms with Crippen LogP contribution in [-0.4, -0.2) is 6.29 Å². The Balaban J connectivity index is 1.47.